The molecule has 0 radical (unpaired) electrons. The van der Waals surface area contributed by atoms with Crippen molar-refractivity contribution in [1.29, 1.82) is 0 Å². The number of nitrogens with zero attached hydrogens (tertiary/aromatic N) is 1. The van der Waals surface area contributed by atoms with E-state index in [4.69, 9.17) is 5.11 Å². The molecule has 1 heterocycles. The Labute approximate surface area is 78.2 Å². The van der Waals surface area contributed by atoms with Gasteiger partial charge >= 0.3 is 5.97 Å². The van der Waals surface area contributed by atoms with Gasteiger partial charge in [0.05, 0.1) is 6.10 Å². The smallest absolute Gasteiger partial charge is 0.303 e. The maximum Gasteiger partial charge on any atom is 0.303 e. The number of rotatable bonds is 3. The van der Waals surface area contributed by atoms with Crippen LogP contribution in [0.15, 0.2) is 0 Å². The van der Waals surface area contributed by atoms with Crippen LogP contribution in [0.1, 0.15) is 19.3 Å². The van der Waals surface area contributed by atoms with Crippen molar-refractivity contribution in [1.82, 2.24) is 4.90 Å². The second kappa shape index (κ2) is 4.58. The molecule has 1 aliphatic heterocycles. The van der Waals surface area contributed by atoms with Gasteiger partial charge in [-0.2, -0.15) is 0 Å². The molecule has 0 aliphatic carbocycles. The SMILES string of the molecule is CN1CCC(O)C(CCC(=O)O)C1. The van der Waals surface area contributed by atoms with Gasteiger partial charge in [0.25, 0.3) is 0 Å². The fourth-order valence-electron chi connectivity index (χ4n) is 1.79. The number of carboxylic acid groups (broad SMARTS) is 1. The van der Waals surface area contributed by atoms with E-state index >= 15 is 0 Å². The zero-order chi connectivity index (χ0) is 9.84. The Bertz CT molecular complexity index is 184. The van der Waals surface area contributed by atoms with Crippen molar-refractivity contribution >= 4 is 5.97 Å². The number of carboxylic acids is 1. The molecule has 4 nitrogen and oxygen atoms in total. The molecule has 2 N–H and O–H groups in total. The van der Waals surface area contributed by atoms with Crippen LogP contribution >= 0.6 is 0 Å². The van der Waals surface area contributed by atoms with Crippen LogP contribution in [0.25, 0.3) is 0 Å². The summed E-state index contributed by atoms with van der Waals surface area (Å²) in [6.07, 6.45) is 1.20. The number of hydrogen-bond acceptors (Lipinski definition) is 3. The van der Waals surface area contributed by atoms with Crippen molar-refractivity contribution < 1.29 is 15.0 Å². The zero-order valence-corrected chi connectivity index (χ0v) is 7.94. The number of aliphatic carboxylic acids is 1. The van der Waals surface area contributed by atoms with Crippen LogP contribution in [0, 0.1) is 5.92 Å². The van der Waals surface area contributed by atoms with Crippen LogP contribution in [0.2, 0.25) is 0 Å². The van der Waals surface area contributed by atoms with Gasteiger partial charge < -0.3 is 15.1 Å². The number of carbonyl (C=O) groups is 1. The monoisotopic (exact) mass is 187 g/mol. The summed E-state index contributed by atoms with van der Waals surface area (Å²) in [5, 5.41) is 18.1. The minimum absolute atomic E-state index is 0.134. The van der Waals surface area contributed by atoms with E-state index < -0.39 is 5.97 Å². The van der Waals surface area contributed by atoms with Gasteiger partial charge in [0, 0.05) is 19.5 Å². The zero-order valence-electron chi connectivity index (χ0n) is 7.94. The first-order chi connectivity index (χ1) is 6.09. The van der Waals surface area contributed by atoms with Crippen molar-refractivity contribution in [2.24, 2.45) is 5.92 Å². The summed E-state index contributed by atoms with van der Waals surface area (Å²) >= 11 is 0. The molecular weight excluding hydrogens is 170 g/mol. The highest BCUT2D eigenvalue weighted by Crippen LogP contribution is 2.20. The molecular formula is C9H17NO3. The van der Waals surface area contributed by atoms with E-state index in [1.807, 2.05) is 7.05 Å². The first kappa shape index (κ1) is 10.5. The number of piperidine rings is 1. The summed E-state index contributed by atoms with van der Waals surface area (Å²) in [6.45, 7) is 1.72. The molecule has 0 spiro atoms. The Hall–Kier alpha value is -0.610. The summed E-state index contributed by atoms with van der Waals surface area (Å²) in [6, 6.07) is 0. The lowest BCUT2D eigenvalue weighted by Crippen LogP contribution is -2.41. The molecule has 1 saturated heterocycles. The normalized spacial score (nSPS) is 30.3. The molecule has 1 fully saturated rings. The van der Waals surface area contributed by atoms with Gasteiger partial charge in [0.15, 0.2) is 0 Å². The van der Waals surface area contributed by atoms with Gasteiger partial charge in [-0.15, -0.1) is 0 Å². The third-order valence-electron chi connectivity index (χ3n) is 2.63. The van der Waals surface area contributed by atoms with Crippen molar-refractivity contribution in [3.8, 4) is 0 Å². The predicted molar refractivity (Wildman–Crippen MR) is 48.5 cm³/mol. The minimum atomic E-state index is -0.777. The average Bonchev–Trinajstić information content (AvgIpc) is 2.06. The van der Waals surface area contributed by atoms with E-state index in [1.165, 1.54) is 0 Å². The standard InChI is InChI=1S/C9H17NO3/c1-10-5-4-8(11)7(6-10)2-3-9(12)13/h7-8,11H,2-6H2,1H3,(H,12,13). The van der Waals surface area contributed by atoms with Crippen molar-refractivity contribution in [3.63, 3.8) is 0 Å². The number of aliphatic hydroxyl groups is 1. The summed E-state index contributed by atoms with van der Waals surface area (Å²) in [5.41, 5.74) is 0. The van der Waals surface area contributed by atoms with Crippen molar-refractivity contribution in [2.45, 2.75) is 25.4 Å². The first-order valence-electron chi connectivity index (χ1n) is 4.68. The lowest BCUT2D eigenvalue weighted by atomic mass is 9.91. The lowest BCUT2D eigenvalue weighted by molar-refractivity contribution is -0.137. The summed E-state index contributed by atoms with van der Waals surface area (Å²) < 4.78 is 0. The molecule has 4 heteroatoms. The summed E-state index contributed by atoms with van der Waals surface area (Å²) in [7, 11) is 2.00. The van der Waals surface area contributed by atoms with Crippen molar-refractivity contribution in [3.05, 3.63) is 0 Å². The van der Waals surface area contributed by atoms with Gasteiger partial charge in [-0.05, 0) is 25.8 Å². The first-order valence-corrected chi connectivity index (χ1v) is 4.68. The molecule has 1 rings (SSSR count). The average molecular weight is 187 g/mol. The highest BCUT2D eigenvalue weighted by molar-refractivity contribution is 5.66. The van der Waals surface area contributed by atoms with Crippen LogP contribution in [-0.2, 0) is 4.79 Å². The van der Waals surface area contributed by atoms with Crippen molar-refractivity contribution in [2.75, 3.05) is 20.1 Å². The molecule has 76 valence electrons. The van der Waals surface area contributed by atoms with E-state index in [2.05, 4.69) is 4.90 Å². The largest absolute Gasteiger partial charge is 0.481 e. The van der Waals surface area contributed by atoms with Crippen LogP contribution < -0.4 is 0 Å². The lowest BCUT2D eigenvalue weighted by Gasteiger charge is -2.33. The van der Waals surface area contributed by atoms with E-state index in [1.54, 1.807) is 0 Å². The Balaban J connectivity index is 2.33. The third-order valence-corrected chi connectivity index (χ3v) is 2.63. The molecule has 2 atom stereocenters. The molecule has 0 amide bonds. The quantitative estimate of drug-likeness (QED) is 0.661. The van der Waals surface area contributed by atoms with E-state index in [0.29, 0.717) is 6.42 Å². The van der Waals surface area contributed by atoms with E-state index in [9.17, 15) is 9.90 Å². The Kier molecular flexibility index (Phi) is 3.69. The number of aliphatic hydroxyl groups excluding tert-OH is 1. The maximum absolute atomic E-state index is 10.3. The Morgan fingerprint density at radius 3 is 2.92 bits per heavy atom. The highest BCUT2D eigenvalue weighted by atomic mass is 16.4. The van der Waals surface area contributed by atoms with Crippen LogP contribution in [0.3, 0.4) is 0 Å². The fourth-order valence-corrected chi connectivity index (χ4v) is 1.79. The highest BCUT2D eigenvalue weighted by Gasteiger charge is 2.25. The van der Waals surface area contributed by atoms with Crippen LogP contribution in [0.5, 0.6) is 0 Å². The second-order valence-electron chi connectivity index (χ2n) is 3.81. The molecule has 1 aliphatic rings. The predicted octanol–water partition coefficient (Wildman–Crippen LogP) is 0.164. The third kappa shape index (κ3) is 3.32. The molecule has 0 aromatic rings. The maximum atomic E-state index is 10.3. The van der Waals surface area contributed by atoms with Gasteiger partial charge in [0.1, 0.15) is 0 Å². The molecule has 13 heavy (non-hydrogen) atoms. The summed E-state index contributed by atoms with van der Waals surface area (Å²) in [5.74, 6) is -0.643. The molecule has 0 bridgehead atoms. The van der Waals surface area contributed by atoms with Crippen LogP contribution in [0.4, 0.5) is 0 Å². The van der Waals surface area contributed by atoms with E-state index in [-0.39, 0.29) is 18.4 Å². The Morgan fingerprint density at radius 1 is 1.62 bits per heavy atom. The van der Waals surface area contributed by atoms with Gasteiger partial charge in [0.2, 0.25) is 0 Å². The molecule has 0 saturated carbocycles. The number of likely N-dealkylation sites (tertiary alicyclic amines) is 1. The minimum Gasteiger partial charge on any atom is -0.481 e. The van der Waals surface area contributed by atoms with Gasteiger partial charge in [-0.25, -0.2) is 0 Å². The molecule has 0 aromatic carbocycles. The van der Waals surface area contributed by atoms with Crippen LogP contribution in [-0.4, -0.2) is 47.3 Å². The van der Waals surface area contributed by atoms with Gasteiger partial charge in [-0.3, -0.25) is 4.79 Å². The Morgan fingerprint density at radius 2 is 2.31 bits per heavy atom. The van der Waals surface area contributed by atoms with E-state index in [0.717, 1.165) is 19.5 Å². The number of hydrogen-bond donors (Lipinski definition) is 2. The van der Waals surface area contributed by atoms with Gasteiger partial charge in [-0.1, -0.05) is 0 Å². The molecule has 2 unspecified atom stereocenters. The fraction of sp³-hybridized carbons (Fsp3) is 0.889. The second-order valence-corrected chi connectivity index (χ2v) is 3.81. The topological polar surface area (TPSA) is 60.8 Å². The molecule has 0 aromatic heterocycles. The summed E-state index contributed by atoms with van der Waals surface area (Å²) in [4.78, 5) is 12.5.